The van der Waals surface area contributed by atoms with Gasteiger partial charge in [-0.1, -0.05) is 18.2 Å². The Balaban J connectivity index is 1.77. The molecule has 1 heterocycles. The molecule has 18 heavy (non-hydrogen) atoms. The van der Waals surface area contributed by atoms with Crippen LogP contribution < -0.4 is 10.1 Å². The third kappa shape index (κ3) is 3.72. The number of rotatable bonds is 6. The number of para-hydroxylation sites is 1. The van der Waals surface area contributed by atoms with Gasteiger partial charge in [-0.2, -0.15) is 0 Å². The Bertz CT molecular complexity index is 365. The molecule has 1 atom stereocenters. The number of fused-ring (bicyclic) bond motifs is 1. The maximum Gasteiger partial charge on any atom is 0.124 e. The average Bonchev–Trinajstić information content (AvgIpc) is 2.38. The van der Waals surface area contributed by atoms with Crippen LogP contribution in [-0.4, -0.2) is 25.9 Å². The molecule has 1 aromatic carbocycles. The third-order valence-corrected chi connectivity index (χ3v) is 3.12. The molecule has 3 nitrogen and oxygen atoms in total. The number of benzene rings is 1. The van der Waals surface area contributed by atoms with E-state index in [1.807, 2.05) is 12.1 Å². The van der Waals surface area contributed by atoms with Gasteiger partial charge in [0.2, 0.25) is 0 Å². The first kappa shape index (κ1) is 13.4. The zero-order valence-corrected chi connectivity index (χ0v) is 11.3. The molecule has 0 saturated heterocycles. The van der Waals surface area contributed by atoms with Crippen LogP contribution in [0, 0.1) is 0 Å². The van der Waals surface area contributed by atoms with E-state index in [4.69, 9.17) is 9.47 Å². The maximum absolute atomic E-state index is 5.65. The lowest BCUT2D eigenvalue weighted by Crippen LogP contribution is -2.28. The van der Waals surface area contributed by atoms with E-state index >= 15 is 0 Å². The molecule has 0 fully saturated rings. The van der Waals surface area contributed by atoms with E-state index in [2.05, 4.69) is 31.3 Å². The van der Waals surface area contributed by atoms with E-state index in [1.54, 1.807) is 0 Å². The molecular formula is C15H23NO2. The molecule has 3 heteroatoms. The van der Waals surface area contributed by atoms with Gasteiger partial charge in [-0.25, -0.2) is 0 Å². The Morgan fingerprint density at radius 1 is 1.39 bits per heavy atom. The van der Waals surface area contributed by atoms with E-state index < -0.39 is 0 Å². The normalized spacial score (nSPS) is 18.5. The van der Waals surface area contributed by atoms with Crippen LogP contribution in [0.1, 0.15) is 38.3 Å². The number of hydrogen-bond donors (Lipinski definition) is 1. The highest BCUT2D eigenvalue weighted by molar-refractivity contribution is 5.37. The Labute approximate surface area is 109 Å². The van der Waals surface area contributed by atoms with Crippen molar-refractivity contribution in [1.29, 1.82) is 0 Å². The number of hydrogen-bond acceptors (Lipinski definition) is 3. The summed E-state index contributed by atoms with van der Waals surface area (Å²) in [7, 11) is 0. The minimum absolute atomic E-state index is 0.328. The van der Waals surface area contributed by atoms with Gasteiger partial charge >= 0.3 is 0 Å². The lowest BCUT2D eigenvalue weighted by atomic mass is 10.0. The predicted octanol–water partition coefficient (Wildman–Crippen LogP) is 2.91. The van der Waals surface area contributed by atoms with Gasteiger partial charge in [-0.3, -0.25) is 0 Å². The van der Waals surface area contributed by atoms with E-state index in [0.717, 1.165) is 38.3 Å². The number of ether oxygens (including phenoxy) is 2. The molecule has 1 N–H and O–H groups in total. The van der Waals surface area contributed by atoms with Crippen molar-refractivity contribution in [3.05, 3.63) is 29.8 Å². The fraction of sp³-hybridized carbons (Fsp3) is 0.600. The summed E-state index contributed by atoms with van der Waals surface area (Å²) in [5.41, 5.74) is 1.29. The van der Waals surface area contributed by atoms with Crippen molar-refractivity contribution in [3.8, 4) is 5.75 Å². The summed E-state index contributed by atoms with van der Waals surface area (Å²) >= 11 is 0. The molecule has 0 saturated carbocycles. The maximum atomic E-state index is 5.65. The van der Waals surface area contributed by atoms with E-state index in [0.29, 0.717) is 12.1 Å². The predicted molar refractivity (Wildman–Crippen MR) is 73.0 cm³/mol. The quantitative estimate of drug-likeness (QED) is 0.786. The third-order valence-electron chi connectivity index (χ3n) is 3.12. The summed E-state index contributed by atoms with van der Waals surface area (Å²) in [5, 5.41) is 3.59. The standard InChI is InChI=1S/C15H23NO2/c1-12(2)17-10-5-9-16-14-8-11-18-15-7-4-3-6-13(14)15/h3-4,6-7,12,14,16H,5,8-11H2,1-2H3. The summed E-state index contributed by atoms with van der Waals surface area (Å²) < 4.78 is 11.2. The monoisotopic (exact) mass is 249 g/mol. The lowest BCUT2D eigenvalue weighted by Gasteiger charge is -2.26. The minimum Gasteiger partial charge on any atom is -0.493 e. The van der Waals surface area contributed by atoms with Crippen molar-refractivity contribution < 1.29 is 9.47 Å². The second-order valence-corrected chi connectivity index (χ2v) is 4.95. The van der Waals surface area contributed by atoms with Gasteiger partial charge in [0.05, 0.1) is 12.7 Å². The minimum atomic E-state index is 0.328. The Morgan fingerprint density at radius 2 is 2.22 bits per heavy atom. The Hall–Kier alpha value is -1.06. The van der Waals surface area contributed by atoms with Crippen molar-refractivity contribution in [2.45, 2.75) is 38.8 Å². The average molecular weight is 249 g/mol. The molecular weight excluding hydrogens is 226 g/mol. The van der Waals surface area contributed by atoms with Crippen LogP contribution in [0.2, 0.25) is 0 Å². The Kier molecular flexibility index (Phi) is 5.02. The summed E-state index contributed by atoms with van der Waals surface area (Å²) in [6.45, 7) is 6.77. The lowest BCUT2D eigenvalue weighted by molar-refractivity contribution is 0.0764. The molecule has 2 rings (SSSR count). The second kappa shape index (κ2) is 6.76. The summed E-state index contributed by atoms with van der Waals surface area (Å²) in [5.74, 6) is 1.03. The molecule has 0 aromatic heterocycles. The first-order chi connectivity index (χ1) is 8.77. The van der Waals surface area contributed by atoms with Crippen LogP contribution in [0.4, 0.5) is 0 Å². The largest absolute Gasteiger partial charge is 0.493 e. The molecule has 100 valence electrons. The molecule has 0 radical (unpaired) electrons. The number of nitrogens with one attached hydrogen (secondary N) is 1. The van der Waals surface area contributed by atoms with Crippen molar-refractivity contribution in [2.24, 2.45) is 0 Å². The van der Waals surface area contributed by atoms with Crippen LogP contribution in [-0.2, 0) is 4.74 Å². The van der Waals surface area contributed by atoms with Crippen LogP contribution in [0.15, 0.2) is 24.3 Å². The van der Waals surface area contributed by atoms with Crippen LogP contribution in [0.25, 0.3) is 0 Å². The summed E-state index contributed by atoms with van der Waals surface area (Å²) in [4.78, 5) is 0. The smallest absolute Gasteiger partial charge is 0.124 e. The van der Waals surface area contributed by atoms with Crippen molar-refractivity contribution in [2.75, 3.05) is 19.8 Å². The highest BCUT2D eigenvalue weighted by Crippen LogP contribution is 2.31. The van der Waals surface area contributed by atoms with Gasteiger partial charge in [0.1, 0.15) is 5.75 Å². The molecule has 1 aliphatic heterocycles. The molecule has 0 bridgehead atoms. The first-order valence-corrected chi connectivity index (χ1v) is 6.84. The highest BCUT2D eigenvalue weighted by Gasteiger charge is 2.19. The van der Waals surface area contributed by atoms with Crippen molar-refractivity contribution >= 4 is 0 Å². The molecule has 0 spiro atoms. The van der Waals surface area contributed by atoms with E-state index in [1.165, 1.54) is 5.56 Å². The highest BCUT2D eigenvalue weighted by atomic mass is 16.5. The molecule has 1 unspecified atom stereocenters. The summed E-state index contributed by atoms with van der Waals surface area (Å²) in [6, 6.07) is 8.72. The first-order valence-electron chi connectivity index (χ1n) is 6.84. The van der Waals surface area contributed by atoms with Gasteiger partial charge in [-0.15, -0.1) is 0 Å². The fourth-order valence-corrected chi connectivity index (χ4v) is 2.22. The molecule has 0 amide bonds. The zero-order valence-electron chi connectivity index (χ0n) is 11.3. The van der Waals surface area contributed by atoms with Crippen molar-refractivity contribution in [3.63, 3.8) is 0 Å². The molecule has 1 aliphatic rings. The topological polar surface area (TPSA) is 30.5 Å². The van der Waals surface area contributed by atoms with Gasteiger partial charge in [-0.05, 0) is 32.9 Å². The van der Waals surface area contributed by atoms with Crippen molar-refractivity contribution in [1.82, 2.24) is 5.32 Å². The molecule has 0 aliphatic carbocycles. The SMILES string of the molecule is CC(C)OCCCNC1CCOc2ccccc21. The second-order valence-electron chi connectivity index (χ2n) is 4.95. The van der Waals surface area contributed by atoms with Crippen LogP contribution in [0.3, 0.4) is 0 Å². The summed E-state index contributed by atoms with van der Waals surface area (Å²) in [6.07, 6.45) is 2.42. The van der Waals surface area contributed by atoms with Crippen LogP contribution in [0.5, 0.6) is 5.75 Å². The fourth-order valence-electron chi connectivity index (χ4n) is 2.22. The Morgan fingerprint density at radius 3 is 3.06 bits per heavy atom. The van der Waals surface area contributed by atoms with Crippen LogP contribution >= 0.6 is 0 Å². The van der Waals surface area contributed by atoms with E-state index in [9.17, 15) is 0 Å². The van der Waals surface area contributed by atoms with Gasteiger partial charge in [0, 0.05) is 24.6 Å². The van der Waals surface area contributed by atoms with E-state index in [-0.39, 0.29) is 0 Å². The molecule has 1 aromatic rings. The zero-order chi connectivity index (χ0) is 12.8. The van der Waals surface area contributed by atoms with Gasteiger partial charge in [0.15, 0.2) is 0 Å². The van der Waals surface area contributed by atoms with Gasteiger partial charge in [0.25, 0.3) is 0 Å². The van der Waals surface area contributed by atoms with Gasteiger partial charge < -0.3 is 14.8 Å².